The molecule has 8 nitrogen and oxygen atoms in total. The van der Waals surface area contributed by atoms with Crippen molar-refractivity contribution in [2.24, 2.45) is 0 Å². The predicted octanol–water partition coefficient (Wildman–Crippen LogP) is 2.59. The number of pyridine rings is 1. The van der Waals surface area contributed by atoms with Crippen molar-refractivity contribution in [3.05, 3.63) is 65.6 Å². The molecule has 27 heavy (non-hydrogen) atoms. The summed E-state index contributed by atoms with van der Waals surface area (Å²) in [5.41, 5.74) is 3.68. The van der Waals surface area contributed by atoms with E-state index >= 15 is 0 Å². The first-order valence-electron chi connectivity index (χ1n) is 8.32. The number of amides is 1. The van der Waals surface area contributed by atoms with Crippen molar-refractivity contribution in [2.45, 2.75) is 13.0 Å². The van der Waals surface area contributed by atoms with Crippen LogP contribution in [-0.2, 0) is 17.8 Å². The summed E-state index contributed by atoms with van der Waals surface area (Å²) in [5.74, 6) is 0.759. The van der Waals surface area contributed by atoms with E-state index in [2.05, 4.69) is 37.0 Å². The van der Waals surface area contributed by atoms with Crippen LogP contribution in [0.15, 0.2) is 48.8 Å². The fraction of sp³-hybridized carbons (Fsp3) is 0.105. The Morgan fingerprint density at radius 1 is 1.22 bits per heavy atom. The fourth-order valence-corrected chi connectivity index (χ4v) is 2.76. The molecule has 3 heterocycles. The van der Waals surface area contributed by atoms with E-state index in [1.807, 2.05) is 36.4 Å². The lowest BCUT2D eigenvalue weighted by molar-refractivity contribution is -0.115. The number of nitrogens with zero attached hydrogens (tertiary/aromatic N) is 4. The van der Waals surface area contributed by atoms with Gasteiger partial charge in [-0.15, -0.1) is 0 Å². The molecule has 3 N–H and O–H groups in total. The van der Waals surface area contributed by atoms with Crippen LogP contribution in [0.1, 0.15) is 16.8 Å². The lowest BCUT2D eigenvalue weighted by Gasteiger charge is -2.10. The van der Waals surface area contributed by atoms with Gasteiger partial charge >= 0.3 is 0 Å². The molecule has 4 rings (SSSR count). The van der Waals surface area contributed by atoms with Crippen LogP contribution in [0.4, 0.5) is 23.1 Å². The zero-order chi connectivity index (χ0) is 18.6. The second-order valence-corrected chi connectivity index (χ2v) is 5.96. The lowest BCUT2D eigenvalue weighted by Crippen LogP contribution is -2.07. The lowest BCUT2D eigenvalue weighted by atomic mass is 10.1. The van der Waals surface area contributed by atoms with Crippen molar-refractivity contribution < 1.29 is 4.79 Å². The number of rotatable bonds is 5. The van der Waals surface area contributed by atoms with Crippen LogP contribution in [0.3, 0.4) is 0 Å². The molecule has 3 aromatic rings. The number of hydrogen-bond acceptors (Lipinski definition) is 7. The Morgan fingerprint density at radius 3 is 2.96 bits per heavy atom. The summed E-state index contributed by atoms with van der Waals surface area (Å²) >= 11 is 0. The van der Waals surface area contributed by atoms with Crippen LogP contribution in [-0.4, -0.2) is 20.9 Å². The van der Waals surface area contributed by atoms with E-state index < -0.39 is 0 Å². The second kappa shape index (κ2) is 7.09. The highest BCUT2D eigenvalue weighted by molar-refractivity contribution is 5.99. The molecule has 0 bridgehead atoms. The first-order chi connectivity index (χ1) is 13.2. The van der Waals surface area contributed by atoms with E-state index in [9.17, 15) is 10.1 Å². The highest BCUT2D eigenvalue weighted by Gasteiger charge is 2.17. The first kappa shape index (κ1) is 16.5. The van der Waals surface area contributed by atoms with Crippen molar-refractivity contribution in [1.29, 1.82) is 5.26 Å². The van der Waals surface area contributed by atoms with Gasteiger partial charge in [-0.3, -0.25) is 9.78 Å². The van der Waals surface area contributed by atoms with Gasteiger partial charge in [-0.2, -0.15) is 10.2 Å². The van der Waals surface area contributed by atoms with Crippen molar-refractivity contribution in [3.63, 3.8) is 0 Å². The molecule has 1 amide bonds. The second-order valence-electron chi connectivity index (χ2n) is 5.96. The van der Waals surface area contributed by atoms with E-state index in [0.717, 1.165) is 22.6 Å². The SMILES string of the molecule is N#Cc1cnc(Nc2ccc3c(c2)NC(=O)C3)nc1NCc1ccccn1. The molecule has 0 aliphatic carbocycles. The molecular formula is C19H15N7O. The standard InChI is InChI=1S/C19H15N7O/c20-9-13-10-23-19(26-18(13)22-11-15-3-1-2-6-21-15)24-14-5-4-12-7-17(27)25-16(12)8-14/h1-6,8,10H,7,11H2,(H,25,27)(H2,22,23,24,26). The molecule has 0 saturated carbocycles. The molecule has 132 valence electrons. The maximum atomic E-state index is 11.5. The number of benzene rings is 1. The van der Waals surface area contributed by atoms with Crippen LogP contribution >= 0.6 is 0 Å². The number of nitriles is 1. The third-order valence-corrected chi connectivity index (χ3v) is 4.06. The predicted molar refractivity (Wildman–Crippen MR) is 100 cm³/mol. The minimum Gasteiger partial charge on any atom is -0.363 e. The monoisotopic (exact) mass is 357 g/mol. The Bertz CT molecular complexity index is 1040. The first-order valence-corrected chi connectivity index (χ1v) is 8.32. The Balaban J connectivity index is 1.53. The molecule has 8 heteroatoms. The van der Waals surface area contributed by atoms with Crippen molar-refractivity contribution in [1.82, 2.24) is 15.0 Å². The molecule has 1 aliphatic rings. The summed E-state index contributed by atoms with van der Waals surface area (Å²) in [6.45, 7) is 0.441. The summed E-state index contributed by atoms with van der Waals surface area (Å²) in [5, 5.41) is 18.3. The molecule has 2 aromatic heterocycles. The molecule has 0 spiro atoms. The number of carbonyl (C=O) groups is 1. The summed E-state index contributed by atoms with van der Waals surface area (Å²) in [6, 6.07) is 13.3. The van der Waals surface area contributed by atoms with Crippen LogP contribution in [0.2, 0.25) is 0 Å². The topological polar surface area (TPSA) is 116 Å². The van der Waals surface area contributed by atoms with Crippen LogP contribution in [0.5, 0.6) is 0 Å². The average molecular weight is 357 g/mol. The summed E-state index contributed by atoms with van der Waals surface area (Å²) in [7, 11) is 0. The molecular weight excluding hydrogens is 342 g/mol. The van der Waals surface area contributed by atoms with Gasteiger partial charge in [0.25, 0.3) is 0 Å². The van der Waals surface area contributed by atoms with Crippen LogP contribution < -0.4 is 16.0 Å². The van der Waals surface area contributed by atoms with E-state index in [4.69, 9.17) is 0 Å². The normalized spacial score (nSPS) is 12.0. The van der Waals surface area contributed by atoms with Gasteiger partial charge in [0.15, 0.2) is 0 Å². The number of nitrogens with one attached hydrogen (secondary N) is 3. The van der Waals surface area contributed by atoms with Gasteiger partial charge in [0.05, 0.1) is 24.9 Å². The maximum Gasteiger partial charge on any atom is 0.229 e. The minimum absolute atomic E-state index is 0.0159. The molecule has 0 unspecified atom stereocenters. The Kier molecular flexibility index (Phi) is 4.33. The zero-order valence-corrected chi connectivity index (χ0v) is 14.2. The van der Waals surface area contributed by atoms with Gasteiger partial charge in [0, 0.05) is 17.6 Å². The molecule has 1 aliphatic heterocycles. The van der Waals surface area contributed by atoms with Crippen molar-refractivity contribution >= 4 is 29.0 Å². The molecule has 0 saturated heterocycles. The minimum atomic E-state index is -0.0159. The zero-order valence-electron chi connectivity index (χ0n) is 14.2. The molecule has 1 aromatic carbocycles. The number of anilines is 4. The smallest absolute Gasteiger partial charge is 0.229 e. The highest BCUT2D eigenvalue weighted by atomic mass is 16.1. The number of aromatic nitrogens is 3. The number of fused-ring (bicyclic) bond motifs is 1. The summed E-state index contributed by atoms with van der Waals surface area (Å²) in [6.07, 6.45) is 3.57. The van der Waals surface area contributed by atoms with E-state index in [0.29, 0.717) is 30.3 Å². The Labute approximate surface area is 155 Å². The van der Waals surface area contributed by atoms with E-state index in [1.54, 1.807) is 6.20 Å². The number of hydrogen-bond donors (Lipinski definition) is 3. The Morgan fingerprint density at radius 2 is 2.15 bits per heavy atom. The molecule has 0 atom stereocenters. The molecule has 0 fully saturated rings. The van der Waals surface area contributed by atoms with Crippen LogP contribution in [0.25, 0.3) is 0 Å². The van der Waals surface area contributed by atoms with Crippen molar-refractivity contribution in [2.75, 3.05) is 16.0 Å². The third-order valence-electron chi connectivity index (χ3n) is 4.06. The quantitative estimate of drug-likeness (QED) is 0.643. The van der Waals surface area contributed by atoms with E-state index in [1.165, 1.54) is 6.20 Å². The maximum absolute atomic E-state index is 11.5. The van der Waals surface area contributed by atoms with Gasteiger partial charge in [-0.1, -0.05) is 12.1 Å². The van der Waals surface area contributed by atoms with Gasteiger partial charge in [-0.05, 0) is 29.8 Å². The van der Waals surface area contributed by atoms with Crippen LogP contribution in [0, 0.1) is 11.3 Å². The average Bonchev–Trinajstić information content (AvgIpc) is 3.06. The molecule has 0 radical (unpaired) electrons. The highest BCUT2D eigenvalue weighted by Crippen LogP contribution is 2.27. The van der Waals surface area contributed by atoms with E-state index in [-0.39, 0.29) is 5.91 Å². The summed E-state index contributed by atoms with van der Waals surface area (Å²) < 4.78 is 0. The van der Waals surface area contributed by atoms with Gasteiger partial charge in [-0.25, -0.2) is 4.98 Å². The number of carbonyl (C=O) groups excluding carboxylic acids is 1. The largest absolute Gasteiger partial charge is 0.363 e. The summed E-state index contributed by atoms with van der Waals surface area (Å²) in [4.78, 5) is 24.3. The fourth-order valence-electron chi connectivity index (χ4n) is 2.76. The van der Waals surface area contributed by atoms with Gasteiger partial charge in [0.1, 0.15) is 17.5 Å². The van der Waals surface area contributed by atoms with Gasteiger partial charge in [0.2, 0.25) is 11.9 Å². The van der Waals surface area contributed by atoms with Gasteiger partial charge < -0.3 is 16.0 Å². The van der Waals surface area contributed by atoms with Crippen molar-refractivity contribution in [3.8, 4) is 6.07 Å². The Hall–Kier alpha value is -3.99. The third kappa shape index (κ3) is 3.67.